The quantitative estimate of drug-likeness (QED) is 0.878. The number of hydrogen-bond donors (Lipinski definition) is 1. The number of ether oxygens (including phenoxy) is 1. The molecule has 5 nitrogen and oxygen atoms in total. The van der Waals surface area contributed by atoms with Crippen LogP contribution in [0.2, 0.25) is 0 Å². The third-order valence-electron chi connectivity index (χ3n) is 4.09. The molecule has 0 aromatic heterocycles. The van der Waals surface area contributed by atoms with Crippen molar-refractivity contribution in [3.8, 4) is 0 Å². The van der Waals surface area contributed by atoms with E-state index in [0.29, 0.717) is 32.7 Å². The average molecular weight is 312 g/mol. The van der Waals surface area contributed by atoms with Crippen molar-refractivity contribution in [2.24, 2.45) is 0 Å². The Hall–Kier alpha value is -2.40. The summed E-state index contributed by atoms with van der Waals surface area (Å²) in [6, 6.07) is 13.3. The fourth-order valence-electron chi connectivity index (χ4n) is 2.86. The number of carbonyl (C=O) groups is 2. The molecule has 1 fully saturated rings. The lowest BCUT2D eigenvalue weighted by molar-refractivity contribution is -0.109. The number of fused-ring (bicyclic) bond motifs is 1. The normalized spacial score (nSPS) is 16.1. The fourth-order valence-corrected chi connectivity index (χ4v) is 2.86. The molecule has 1 N–H and O–H groups in total. The molecule has 120 valence electrons. The fraction of sp³-hybridized carbons (Fsp3) is 0.333. The number of aldehydes is 1. The Kier molecular flexibility index (Phi) is 4.88. The van der Waals surface area contributed by atoms with Crippen LogP contribution in [0, 0.1) is 0 Å². The van der Waals surface area contributed by atoms with Crippen LogP contribution in [0.3, 0.4) is 0 Å². The van der Waals surface area contributed by atoms with E-state index < -0.39 is 6.04 Å². The number of carbonyl (C=O) groups excluding carboxylic acids is 2. The maximum atomic E-state index is 12.2. The molecular weight excluding hydrogens is 292 g/mol. The molecule has 2 aromatic rings. The lowest BCUT2D eigenvalue weighted by atomic mass is 9.99. The number of benzene rings is 2. The summed E-state index contributed by atoms with van der Waals surface area (Å²) in [6.07, 6.45) is 1.29. The van der Waals surface area contributed by atoms with Crippen LogP contribution in [0.15, 0.2) is 42.5 Å². The van der Waals surface area contributed by atoms with Crippen LogP contribution in [0.25, 0.3) is 10.8 Å². The van der Waals surface area contributed by atoms with E-state index in [2.05, 4.69) is 5.32 Å². The molecule has 5 heteroatoms. The van der Waals surface area contributed by atoms with Gasteiger partial charge in [0.05, 0.1) is 19.3 Å². The van der Waals surface area contributed by atoms with Gasteiger partial charge in [-0.1, -0.05) is 42.5 Å². The molecule has 0 unspecified atom stereocenters. The highest BCUT2D eigenvalue weighted by molar-refractivity contribution is 5.86. The summed E-state index contributed by atoms with van der Waals surface area (Å²) in [5, 5.41) is 5.06. The first-order valence-corrected chi connectivity index (χ1v) is 7.83. The molecule has 0 radical (unpaired) electrons. The minimum Gasteiger partial charge on any atom is -0.378 e. The number of urea groups is 1. The van der Waals surface area contributed by atoms with Crippen LogP contribution < -0.4 is 5.32 Å². The highest BCUT2D eigenvalue weighted by Crippen LogP contribution is 2.19. The highest BCUT2D eigenvalue weighted by Gasteiger charge is 2.20. The lowest BCUT2D eigenvalue weighted by Gasteiger charge is -2.28. The van der Waals surface area contributed by atoms with Crippen molar-refractivity contribution in [1.29, 1.82) is 0 Å². The zero-order valence-corrected chi connectivity index (χ0v) is 12.9. The molecule has 0 aliphatic carbocycles. The first kappa shape index (κ1) is 15.5. The summed E-state index contributed by atoms with van der Waals surface area (Å²) < 4.78 is 5.23. The summed E-state index contributed by atoms with van der Waals surface area (Å²) in [5.74, 6) is 0. The van der Waals surface area contributed by atoms with Crippen molar-refractivity contribution in [3.63, 3.8) is 0 Å². The number of amides is 2. The minimum atomic E-state index is -0.531. The van der Waals surface area contributed by atoms with Crippen LogP contribution in [0.4, 0.5) is 4.79 Å². The second-order valence-corrected chi connectivity index (χ2v) is 5.63. The largest absolute Gasteiger partial charge is 0.378 e. The standard InChI is InChI=1S/C18H20N2O3/c21-13-16(19-18(22)20-8-10-23-11-9-20)12-15-6-3-5-14-4-1-2-7-17(14)15/h1-7,13,16H,8-12H2,(H,19,22)/t16-/m0/s1. The van der Waals surface area contributed by atoms with E-state index in [9.17, 15) is 9.59 Å². The van der Waals surface area contributed by atoms with Crippen molar-refractivity contribution in [3.05, 3.63) is 48.0 Å². The Labute approximate surface area is 135 Å². The molecule has 2 aromatic carbocycles. The summed E-state index contributed by atoms with van der Waals surface area (Å²) in [5.41, 5.74) is 1.06. The summed E-state index contributed by atoms with van der Waals surface area (Å²) in [7, 11) is 0. The molecule has 0 spiro atoms. The van der Waals surface area contributed by atoms with Crippen LogP contribution >= 0.6 is 0 Å². The minimum absolute atomic E-state index is 0.203. The van der Waals surface area contributed by atoms with E-state index in [0.717, 1.165) is 22.6 Å². The number of nitrogens with zero attached hydrogens (tertiary/aromatic N) is 1. The van der Waals surface area contributed by atoms with Gasteiger partial charge >= 0.3 is 6.03 Å². The Bertz CT molecular complexity index is 690. The van der Waals surface area contributed by atoms with E-state index in [1.807, 2.05) is 42.5 Å². The third-order valence-corrected chi connectivity index (χ3v) is 4.09. The van der Waals surface area contributed by atoms with Crippen LogP contribution in [-0.2, 0) is 16.0 Å². The van der Waals surface area contributed by atoms with Crippen molar-refractivity contribution in [1.82, 2.24) is 10.2 Å². The Morgan fingerprint density at radius 2 is 1.91 bits per heavy atom. The van der Waals surface area contributed by atoms with E-state index in [-0.39, 0.29) is 6.03 Å². The van der Waals surface area contributed by atoms with Gasteiger partial charge in [0.1, 0.15) is 6.29 Å². The highest BCUT2D eigenvalue weighted by atomic mass is 16.5. The molecule has 1 aliphatic rings. The zero-order valence-electron chi connectivity index (χ0n) is 12.9. The van der Waals surface area contributed by atoms with Gasteiger partial charge in [-0.2, -0.15) is 0 Å². The Morgan fingerprint density at radius 1 is 1.17 bits per heavy atom. The van der Waals surface area contributed by atoms with Gasteiger partial charge < -0.3 is 19.7 Å². The topological polar surface area (TPSA) is 58.6 Å². The molecule has 0 saturated carbocycles. The molecule has 2 amide bonds. The summed E-state index contributed by atoms with van der Waals surface area (Å²) in [6.45, 7) is 2.21. The maximum absolute atomic E-state index is 12.2. The number of morpholine rings is 1. The van der Waals surface area contributed by atoms with Crippen molar-refractivity contribution in [2.75, 3.05) is 26.3 Å². The SMILES string of the molecule is O=C[C@H](Cc1cccc2ccccc12)NC(=O)N1CCOCC1. The van der Waals surface area contributed by atoms with Gasteiger partial charge in [0.25, 0.3) is 0 Å². The Balaban J connectivity index is 1.71. The molecular formula is C18H20N2O3. The van der Waals surface area contributed by atoms with E-state index in [4.69, 9.17) is 4.74 Å². The zero-order chi connectivity index (χ0) is 16.1. The van der Waals surface area contributed by atoms with Crippen LogP contribution in [0.1, 0.15) is 5.56 Å². The monoisotopic (exact) mass is 312 g/mol. The van der Waals surface area contributed by atoms with Gasteiger partial charge in [0.15, 0.2) is 0 Å². The van der Waals surface area contributed by atoms with Gasteiger partial charge in [-0.25, -0.2) is 4.79 Å². The van der Waals surface area contributed by atoms with Gasteiger partial charge in [0.2, 0.25) is 0 Å². The molecule has 1 atom stereocenters. The maximum Gasteiger partial charge on any atom is 0.318 e. The average Bonchev–Trinajstić information content (AvgIpc) is 2.62. The lowest BCUT2D eigenvalue weighted by Crippen LogP contribution is -2.50. The van der Waals surface area contributed by atoms with E-state index in [1.165, 1.54) is 0 Å². The van der Waals surface area contributed by atoms with E-state index >= 15 is 0 Å². The molecule has 1 saturated heterocycles. The molecule has 3 rings (SSSR count). The molecule has 0 bridgehead atoms. The number of rotatable bonds is 4. The predicted octanol–water partition coefficient (Wildman–Crippen LogP) is 1.99. The first-order valence-electron chi connectivity index (χ1n) is 7.83. The smallest absolute Gasteiger partial charge is 0.318 e. The van der Waals surface area contributed by atoms with Crippen molar-refractivity contribution >= 4 is 23.1 Å². The van der Waals surface area contributed by atoms with Crippen molar-refractivity contribution < 1.29 is 14.3 Å². The Morgan fingerprint density at radius 3 is 2.70 bits per heavy atom. The number of nitrogens with one attached hydrogen (secondary N) is 1. The second-order valence-electron chi connectivity index (χ2n) is 5.63. The molecule has 23 heavy (non-hydrogen) atoms. The molecule has 1 heterocycles. The molecule has 1 aliphatic heterocycles. The second kappa shape index (κ2) is 7.24. The van der Waals surface area contributed by atoms with Crippen LogP contribution in [-0.4, -0.2) is 49.6 Å². The third kappa shape index (κ3) is 3.68. The predicted molar refractivity (Wildman–Crippen MR) is 88.4 cm³/mol. The van der Waals surface area contributed by atoms with Gasteiger partial charge in [-0.3, -0.25) is 0 Å². The van der Waals surface area contributed by atoms with Crippen molar-refractivity contribution in [2.45, 2.75) is 12.5 Å². The van der Waals surface area contributed by atoms with Gasteiger partial charge in [0, 0.05) is 19.5 Å². The van der Waals surface area contributed by atoms with Crippen LogP contribution in [0.5, 0.6) is 0 Å². The number of hydrogen-bond acceptors (Lipinski definition) is 3. The van der Waals surface area contributed by atoms with Gasteiger partial charge in [-0.15, -0.1) is 0 Å². The van der Waals surface area contributed by atoms with Gasteiger partial charge in [-0.05, 0) is 16.3 Å². The summed E-state index contributed by atoms with van der Waals surface area (Å²) >= 11 is 0. The van der Waals surface area contributed by atoms with E-state index in [1.54, 1.807) is 4.90 Å². The summed E-state index contributed by atoms with van der Waals surface area (Å²) in [4.78, 5) is 25.3. The first-order chi connectivity index (χ1) is 11.3.